The van der Waals surface area contributed by atoms with Gasteiger partial charge in [0.05, 0.1) is 10.6 Å². The van der Waals surface area contributed by atoms with Crippen LogP contribution in [0.25, 0.3) is 6.08 Å². The number of allylic oxidation sites excluding steroid dienone is 2. The van der Waals surface area contributed by atoms with Gasteiger partial charge in [-0.1, -0.05) is 60.7 Å². The molecule has 1 aliphatic rings. The largest absolute Gasteiger partial charge is 0.271 e. The maximum absolute atomic E-state index is 13.2. The highest BCUT2D eigenvalue weighted by Gasteiger charge is 2.34. The number of aliphatic imine (C=N–C) groups is 1. The lowest BCUT2D eigenvalue weighted by Crippen LogP contribution is -2.28. The van der Waals surface area contributed by atoms with Gasteiger partial charge in [-0.25, -0.2) is 9.98 Å². The molecule has 0 bridgehead atoms. The lowest BCUT2D eigenvalue weighted by Gasteiger charge is -2.15. The number of rotatable bonds is 4. The van der Waals surface area contributed by atoms with Crippen molar-refractivity contribution in [3.8, 4) is 0 Å². The van der Waals surface area contributed by atoms with Crippen LogP contribution >= 0.6 is 11.8 Å². The molecule has 3 aromatic rings. The van der Waals surface area contributed by atoms with Gasteiger partial charge < -0.3 is 0 Å². The number of hydrogen-bond acceptors (Lipinski definition) is 4. The predicted octanol–water partition coefficient (Wildman–Crippen LogP) is 5.84. The van der Waals surface area contributed by atoms with E-state index in [-0.39, 0.29) is 5.91 Å². The average molecular weight is 398 g/mol. The minimum atomic E-state index is -0.0864. The number of amidine groups is 1. The van der Waals surface area contributed by atoms with Crippen LogP contribution in [0.5, 0.6) is 0 Å². The summed E-state index contributed by atoms with van der Waals surface area (Å²) in [5, 5.41) is 0.596. The summed E-state index contributed by atoms with van der Waals surface area (Å²) >= 11 is 1.36. The number of carbonyl (C=O) groups excluding carboxylic acids is 1. The van der Waals surface area contributed by atoms with E-state index in [1.165, 1.54) is 11.8 Å². The SMILES string of the molecule is CC(/C=C1\S/C(=N/c2ccccn2)N(c2ccccc2)C1=O)=C\c1ccccc1. The van der Waals surface area contributed by atoms with E-state index in [9.17, 15) is 4.79 Å². The molecular weight excluding hydrogens is 378 g/mol. The highest BCUT2D eigenvalue weighted by atomic mass is 32.2. The molecule has 0 unspecified atom stereocenters. The summed E-state index contributed by atoms with van der Waals surface area (Å²) < 4.78 is 0. The van der Waals surface area contributed by atoms with Gasteiger partial charge in [0.1, 0.15) is 0 Å². The number of carbonyl (C=O) groups is 1. The van der Waals surface area contributed by atoms with Crippen molar-refractivity contribution in [3.05, 3.63) is 107 Å². The van der Waals surface area contributed by atoms with Crippen molar-refractivity contribution in [2.24, 2.45) is 4.99 Å². The Labute approximate surface area is 174 Å². The minimum Gasteiger partial charge on any atom is -0.268 e. The van der Waals surface area contributed by atoms with E-state index in [1.807, 2.05) is 91.9 Å². The van der Waals surface area contributed by atoms with Gasteiger partial charge in [0.2, 0.25) is 0 Å². The van der Waals surface area contributed by atoms with Gasteiger partial charge in [-0.3, -0.25) is 9.69 Å². The summed E-state index contributed by atoms with van der Waals surface area (Å²) in [6.07, 6.45) is 5.66. The quantitative estimate of drug-likeness (QED) is 0.520. The standard InChI is InChI=1S/C24H19N3OS/c1-18(16-19-10-4-2-5-11-19)17-21-23(28)27(20-12-6-3-7-13-20)24(29-21)26-22-14-8-9-15-25-22/h2-17H,1H3/b18-16+,21-17-,26-24+. The molecule has 4 nitrogen and oxygen atoms in total. The molecular formula is C24H19N3OS. The van der Waals surface area contributed by atoms with E-state index >= 15 is 0 Å². The summed E-state index contributed by atoms with van der Waals surface area (Å²) in [6.45, 7) is 1.99. The number of para-hydroxylation sites is 1. The fourth-order valence-corrected chi connectivity index (χ4v) is 3.97. The van der Waals surface area contributed by atoms with Crippen LogP contribution in [0.2, 0.25) is 0 Å². The second-order valence-electron chi connectivity index (χ2n) is 6.47. The number of nitrogens with zero attached hydrogens (tertiary/aromatic N) is 3. The molecule has 5 heteroatoms. The highest BCUT2D eigenvalue weighted by Crippen LogP contribution is 2.36. The second kappa shape index (κ2) is 8.71. The molecule has 0 radical (unpaired) electrons. The Morgan fingerprint density at radius 2 is 1.66 bits per heavy atom. The molecule has 1 aromatic heterocycles. The number of pyridine rings is 1. The second-order valence-corrected chi connectivity index (χ2v) is 7.48. The van der Waals surface area contributed by atoms with Crippen molar-refractivity contribution in [1.29, 1.82) is 0 Å². The van der Waals surface area contributed by atoms with E-state index < -0.39 is 0 Å². The van der Waals surface area contributed by atoms with E-state index in [2.05, 4.69) is 16.1 Å². The molecule has 1 fully saturated rings. The zero-order chi connectivity index (χ0) is 20.1. The van der Waals surface area contributed by atoms with Crippen molar-refractivity contribution >= 4 is 40.4 Å². The Kier molecular flexibility index (Phi) is 5.68. The van der Waals surface area contributed by atoms with Crippen molar-refractivity contribution < 1.29 is 4.79 Å². The first-order chi connectivity index (χ1) is 14.2. The monoisotopic (exact) mass is 397 g/mol. The van der Waals surface area contributed by atoms with Crippen LogP contribution in [-0.4, -0.2) is 16.1 Å². The molecule has 0 N–H and O–H groups in total. The van der Waals surface area contributed by atoms with Crippen LogP contribution in [0.3, 0.4) is 0 Å². The van der Waals surface area contributed by atoms with E-state index in [0.29, 0.717) is 15.9 Å². The summed E-state index contributed by atoms with van der Waals surface area (Å²) in [7, 11) is 0. The Hall–Kier alpha value is -3.44. The lowest BCUT2D eigenvalue weighted by atomic mass is 10.1. The van der Waals surface area contributed by atoms with Gasteiger partial charge in [-0.15, -0.1) is 0 Å². The fraction of sp³-hybridized carbons (Fsp3) is 0.0417. The molecule has 0 saturated carbocycles. The first kappa shape index (κ1) is 18.9. The number of benzene rings is 2. The number of anilines is 1. The van der Waals surface area contributed by atoms with Gasteiger partial charge >= 0.3 is 0 Å². The van der Waals surface area contributed by atoms with Crippen molar-refractivity contribution in [2.45, 2.75) is 6.92 Å². The normalized spacial score (nSPS) is 17.3. The first-order valence-corrected chi connectivity index (χ1v) is 10.0. The predicted molar refractivity (Wildman–Crippen MR) is 121 cm³/mol. The van der Waals surface area contributed by atoms with Crippen LogP contribution < -0.4 is 4.90 Å². The molecule has 1 saturated heterocycles. The van der Waals surface area contributed by atoms with Crippen molar-refractivity contribution in [2.75, 3.05) is 4.90 Å². The van der Waals surface area contributed by atoms with E-state index in [0.717, 1.165) is 16.8 Å². The smallest absolute Gasteiger partial charge is 0.268 e. The molecule has 2 heterocycles. The Bertz CT molecular complexity index is 1090. The third-order valence-corrected chi connectivity index (χ3v) is 5.20. The Morgan fingerprint density at radius 1 is 0.966 bits per heavy atom. The van der Waals surface area contributed by atoms with Crippen molar-refractivity contribution in [3.63, 3.8) is 0 Å². The molecule has 1 amide bonds. The molecule has 29 heavy (non-hydrogen) atoms. The highest BCUT2D eigenvalue weighted by molar-refractivity contribution is 8.19. The number of aromatic nitrogens is 1. The number of hydrogen-bond donors (Lipinski definition) is 0. The maximum atomic E-state index is 13.2. The van der Waals surface area contributed by atoms with Crippen molar-refractivity contribution in [1.82, 2.24) is 4.98 Å². The van der Waals surface area contributed by atoms with Gasteiger partial charge in [0.25, 0.3) is 5.91 Å². The zero-order valence-corrected chi connectivity index (χ0v) is 16.7. The summed E-state index contributed by atoms with van der Waals surface area (Å²) in [4.78, 5) is 24.4. The van der Waals surface area contributed by atoms with Crippen LogP contribution in [0.1, 0.15) is 12.5 Å². The lowest BCUT2D eigenvalue weighted by molar-refractivity contribution is -0.113. The maximum Gasteiger partial charge on any atom is 0.271 e. The minimum absolute atomic E-state index is 0.0864. The van der Waals surface area contributed by atoms with Crippen LogP contribution in [0, 0.1) is 0 Å². The zero-order valence-electron chi connectivity index (χ0n) is 15.9. The molecule has 0 aliphatic carbocycles. The van der Waals surface area contributed by atoms with Gasteiger partial charge in [0, 0.05) is 6.20 Å². The number of amides is 1. The molecule has 142 valence electrons. The van der Waals surface area contributed by atoms with Crippen LogP contribution in [0.15, 0.2) is 107 Å². The van der Waals surface area contributed by atoms with Crippen LogP contribution in [0.4, 0.5) is 11.5 Å². The molecule has 1 aliphatic heterocycles. The molecule has 2 aromatic carbocycles. The summed E-state index contributed by atoms with van der Waals surface area (Å²) in [5.41, 5.74) is 2.88. The third-order valence-electron chi connectivity index (χ3n) is 4.23. The molecule has 0 atom stereocenters. The summed E-state index contributed by atoms with van der Waals surface area (Å²) in [5.74, 6) is 0.484. The fourth-order valence-electron chi connectivity index (χ4n) is 2.93. The Morgan fingerprint density at radius 3 is 2.34 bits per heavy atom. The first-order valence-electron chi connectivity index (χ1n) is 9.23. The molecule has 0 spiro atoms. The van der Waals surface area contributed by atoms with Gasteiger partial charge in [0.15, 0.2) is 11.0 Å². The van der Waals surface area contributed by atoms with E-state index in [1.54, 1.807) is 11.1 Å². The van der Waals surface area contributed by atoms with E-state index in [4.69, 9.17) is 0 Å². The van der Waals surface area contributed by atoms with Crippen LogP contribution in [-0.2, 0) is 4.79 Å². The Balaban J connectivity index is 1.71. The van der Waals surface area contributed by atoms with Gasteiger partial charge in [-0.2, -0.15) is 0 Å². The average Bonchev–Trinajstić information content (AvgIpc) is 3.04. The third kappa shape index (κ3) is 4.52. The number of thioether (sulfide) groups is 1. The topological polar surface area (TPSA) is 45.6 Å². The van der Waals surface area contributed by atoms with Gasteiger partial charge in [-0.05, 0) is 60.2 Å². The summed E-state index contributed by atoms with van der Waals surface area (Å²) in [6, 6.07) is 25.2. The molecule has 4 rings (SSSR count).